The fraction of sp³-hybridized carbons (Fsp3) is 0.444. The quantitative estimate of drug-likeness (QED) is 0.771. The highest BCUT2D eigenvalue weighted by Gasteiger charge is 2.24. The molecule has 136 valence electrons. The molecule has 3 aromatic rings. The molecule has 8 nitrogen and oxygen atoms in total. The lowest BCUT2D eigenvalue weighted by molar-refractivity contribution is 0.0925. The number of carbonyl (C=O) groups excluding carboxylic acids is 1. The molecular weight excluding hydrogens is 330 g/mol. The number of aromatic nitrogens is 5. The normalized spacial score (nSPS) is 15.6. The van der Waals surface area contributed by atoms with E-state index in [4.69, 9.17) is 0 Å². The smallest absolute Gasteiger partial charge is 0.271 e. The zero-order valence-corrected chi connectivity index (χ0v) is 15.3. The maximum Gasteiger partial charge on any atom is 0.271 e. The third-order valence-corrected chi connectivity index (χ3v) is 4.76. The Morgan fingerprint density at radius 1 is 1.15 bits per heavy atom. The number of carbonyl (C=O) groups is 1. The molecule has 0 radical (unpaired) electrons. The highest BCUT2D eigenvalue weighted by atomic mass is 16.2. The lowest BCUT2D eigenvalue weighted by Gasteiger charge is -2.33. The summed E-state index contributed by atoms with van der Waals surface area (Å²) in [5.74, 6) is 0.962. The molecule has 0 bridgehead atoms. The van der Waals surface area contributed by atoms with E-state index in [9.17, 15) is 4.79 Å². The van der Waals surface area contributed by atoms with Crippen molar-refractivity contribution in [2.24, 2.45) is 7.05 Å². The van der Waals surface area contributed by atoms with Crippen molar-refractivity contribution in [1.82, 2.24) is 29.7 Å². The zero-order valence-electron chi connectivity index (χ0n) is 15.3. The Bertz CT molecular complexity index is 950. The van der Waals surface area contributed by atoms with Crippen molar-refractivity contribution in [2.45, 2.75) is 32.7 Å². The number of aryl methyl sites for hydroxylation is 3. The molecule has 1 aliphatic heterocycles. The molecule has 8 heteroatoms. The summed E-state index contributed by atoms with van der Waals surface area (Å²) < 4.78 is 3.55. The number of hydrogen-bond acceptors (Lipinski definition) is 5. The SMILES string of the molecule is Cc1cc(N2CCC(NC(=O)c3ccn(C)n3)CC2)n2nc(C)cc2n1. The number of fused-ring (bicyclic) bond motifs is 1. The monoisotopic (exact) mass is 353 g/mol. The first-order valence-electron chi connectivity index (χ1n) is 8.89. The maximum absolute atomic E-state index is 12.3. The Morgan fingerprint density at radius 3 is 2.62 bits per heavy atom. The zero-order chi connectivity index (χ0) is 18.3. The van der Waals surface area contributed by atoms with Crippen LogP contribution < -0.4 is 10.2 Å². The van der Waals surface area contributed by atoms with Crippen LogP contribution in [0.5, 0.6) is 0 Å². The Labute approximate surface area is 151 Å². The Balaban J connectivity index is 1.45. The molecule has 1 fully saturated rings. The minimum Gasteiger partial charge on any atom is -0.356 e. The molecule has 0 saturated carbocycles. The summed E-state index contributed by atoms with van der Waals surface area (Å²) in [4.78, 5) is 19.1. The maximum atomic E-state index is 12.3. The highest BCUT2D eigenvalue weighted by molar-refractivity contribution is 5.92. The summed E-state index contributed by atoms with van der Waals surface area (Å²) in [6, 6.07) is 5.97. The van der Waals surface area contributed by atoms with Gasteiger partial charge in [0.1, 0.15) is 11.5 Å². The van der Waals surface area contributed by atoms with Crippen LogP contribution in [0.4, 0.5) is 5.82 Å². The predicted molar refractivity (Wildman–Crippen MR) is 98.4 cm³/mol. The molecule has 1 N–H and O–H groups in total. The molecule has 4 heterocycles. The van der Waals surface area contributed by atoms with Crippen LogP contribution in [0.25, 0.3) is 5.65 Å². The molecule has 0 atom stereocenters. The minimum atomic E-state index is -0.103. The van der Waals surface area contributed by atoms with E-state index in [-0.39, 0.29) is 11.9 Å². The second-order valence-corrected chi connectivity index (χ2v) is 6.92. The van der Waals surface area contributed by atoms with Crippen LogP contribution in [0.2, 0.25) is 0 Å². The van der Waals surface area contributed by atoms with Crippen LogP contribution in [0.1, 0.15) is 34.7 Å². The van der Waals surface area contributed by atoms with Crippen molar-refractivity contribution < 1.29 is 4.79 Å². The van der Waals surface area contributed by atoms with E-state index in [1.165, 1.54) is 0 Å². The number of piperidine rings is 1. The Hall–Kier alpha value is -2.90. The van der Waals surface area contributed by atoms with Crippen LogP contribution in [0, 0.1) is 13.8 Å². The average molecular weight is 353 g/mol. The number of nitrogens with one attached hydrogen (secondary N) is 1. The first-order valence-corrected chi connectivity index (χ1v) is 8.89. The van der Waals surface area contributed by atoms with Crippen molar-refractivity contribution in [3.05, 3.63) is 41.5 Å². The summed E-state index contributed by atoms with van der Waals surface area (Å²) >= 11 is 0. The van der Waals surface area contributed by atoms with Crippen LogP contribution in [0.3, 0.4) is 0 Å². The molecule has 3 aromatic heterocycles. The number of nitrogens with zero attached hydrogens (tertiary/aromatic N) is 6. The predicted octanol–water partition coefficient (Wildman–Crippen LogP) is 1.48. The van der Waals surface area contributed by atoms with E-state index >= 15 is 0 Å². The largest absolute Gasteiger partial charge is 0.356 e. The van der Waals surface area contributed by atoms with Gasteiger partial charge in [-0.2, -0.15) is 14.7 Å². The Kier molecular flexibility index (Phi) is 4.10. The van der Waals surface area contributed by atoms with E-state index in [2.05, 4.69) is 31.5 Å². The van der Waals surface area contributed by atoms with Gasteiger partial charge in [0.2, 0.25) is 0 Å². The molecule has 0 aliphatic carbocycles. The van der Waals surface area contributed by atoms with Gasteiger partial charge in [0.25, 0.3) is 5.91 Å². The average Bonchev–Trinajstić information content (AvgIpc) is 3.20. The van der Waals surface area contributed by atoms with Crippen LogP contribution in [-0.4, -0.2) is 49.4 Å². The van der Waals surface area contributed by atoms with E-state index in [1.807, 2.05) is 31.5 Å². The summed E-state index contributed by atoms with van der Waals surface area (Å²) in [5.41, 5.74) is 3.29. The van der Waals surface area contributed by atoms with Crippen molar-refractivity contribution in [3.63, 3.8) is 0 Å². The van der Waals surface area contributed by atoms with Crippen LogP contribution >= 0.6 is 0 Å². The van der Waals surface area contributed by atoms with Gasteiger partial charge < -0.3 is 10.2 Å². The summed E-state index contributed by atoms with van der Waals surface area (Å²) in [5, 5.41) is 11.8. The molecule has 1 aliphatic rings. The van der Waals surface area contributed by atoms with E-state index < -0.39 is 0 Å². The third kappa shape index (κ3) is 3.14. The number of anilines is 1. The molecule has 0 aromatic carbocycles. The first kappa shape index (κ1) is 16.6. The minimum absolute atomic E-state index is 0.103. The lowest BCUT2D eigenvalue weighted by Crippen LogP contribution is -2.45. The van der Waals surface area contributed by atoms with Crippen molar-refractivity contribution in [2.75, 3.05) is 18.0 Å². The Morgan fingerprint density at radius 2 is 1.92 bits per heavy atom. The number of rotatable bonds is 3. The number of amides is 1. The molecule has 26 heavy (non-hydrogen) atoms. The standard InChI is InChI=1S/C18H23N7O/c1-12-11-17(25-16(19-12)10-13(2)21-25)24-8-4-14(5-9-24)20-18(26)15-6-7-23(3)22-15/h6-7,10-11,14H,4-5,8-9H2,1-3H3,(H,20,26). The van der Waals surface area contributed by atoms with Crippen LogP contribution in [-0.2, 0) is 7.05 Å². The van der Waals surface area contributed by atoms with Gasteiger partial charge in [0.05, 0.1) is 5.69 Å². The first-order chi connectivity index (χ1) is 12.5. The third-order valence-electron chi connectivity index (χ3n) is 4.76. The fourth-order valence-electron chi connectivity index (χ4n) is 3.47. The van der Waals surface area contributed by atoms with Gasteiger partial charge in [-0.15, -0.1) is 0 Å². The second-order valence-electron chi connectivity index (χ2n) is 6.92. The van der Waals surface area contributed by atoms with E-state index in [0.29, 0.717) is 5.69 Å². The van der Waals surface area contributed by atoms with Gasteiger partial charge in [0, 0.05) is 50.2 Å². The van der Waals surface area contributed by atoms with E-state index in [0.717, 1.165) is 48.8 Å². The summed E-state index contributed by atoms with van der Waals surface area (Å²) in [6.45, 7) is 5.72. The van der Waals surface area contributed by atoms with Gasteiger partial charge >= 0.3 is 0 Å². The van der Waals surface area contributed by atoms with E-state index in [1.54, 1.807) is 16.9 Å². The molecule has 0 unspecified atom stereocenters. The van der Waals surface area contributed by atoms with Crippen molar-refractivity contribution in [1.29, 1.82) is 0 Å². The molecule has 0 spiro atoms. The molecule has 1 amide bonds. The van der Waals surface area contributed by atoms with Gasteiger partial charge in [-0.05, 0) is 32.8 Å². The van der Waals surface area contributed by atoms with Gasteiger partial charge in [-0.1, -0.05) is 0 Å². The van der Waals surface area contributed by atoms with Crippen molar-refractivity contribution >= 4 is 17.4 Å². The summed E-state index contributed by atoms with van der Waals surface area (Å²) in [7, 11) is 1.81. The molecule has 4 rings (SSSR count). The fourth-order valence-corrected chi connectivity index (χ4v) is 3.47. The van der Waals surface area contributed by atoms with Gasteiger partial charge in [0.15, 0.2) is 5.65 Å². The topological polar surface area (TPSA) is 80.4 Å². The lowest BCUT2D eigenvalue weighted by atomic mass is 10.0. The number of hydrogen-bond donors (Lipinski definition) is 1. The molecule has 1 saturated heterocycles. The second kappa shape index (κ2) is 6.44. The van der Waals surface area contributed by atoms with Gasteiger partial charge in [-0.3, -0.25) is 9.48 Å². The van der Waals surface area contributed by atoms with Gasteiger partial charge in [-0.25, -0.2) is 4.98 Å². The summed E-state index contributed by atoms with van der Waals surface area (Å²) in [6.07, 6.45) is 3.56. The molecular formula is C18H23N7O. The van der Waals surface area contributed by atoms with Crippen LogP contribution in [0.15, 0.2) is 24.4 Å². The van der Waals surface area contributed by atoms with Crippen molar-refractivity contribution in [3.8, 4) is 0 Å². The highest BCUT2D eigenvalue weighted by Crippen LogP contribution is 2.22.